The third-order valence-electron chi connectivity index (χ3n) is 2.84. The van der Waals surface area contributed by atoms with Crippen molar-refractivity contribution < 1.29 is 5.11 Å². The number of fused-ring (bicyclic) bond motifs is 1. The van der Waals surface area contributed by atoms with Gasteiger partial charge in [0.25, 0.3) is 0 Å². The Labute approximate surface area is 98.8 Å². The molecule has 17 heavy (non-hydrogen) atoms. The zero-order chi connectivity index (χ0) is 11.7. The van der Waals surface area contributed by atoms with Crippen molar-refractivity contribution in [3.8, 4) is 11.4 Å². The second-order valence-corrected chi connectivity index (χ2v) is 3.94. The second kappa shape index (κ2) is 4.03. The van der Waals surface area contributed by atoms with E-state index in [0.717, 1.165) is 22.5 Å². The molecule has 2 N–H and O–H groups in total. The van der Waals surface area contributed by atoms with Crippen LogP contribution in [0.5, 0.6) is 0 Å². The molecule has 3 heteroatoms. The molecule has 3 aromatic rings. The van der Waals surface area contributed by atoms with E-state index in [2.05, 4.69) is 28.2 Å². The molecule has 0 amide bonds. The topological polar surface area (TPSA) is 48.9 Å². The molecule has 3 nitrogen and oxygen atoms in total. The predicted octanol–water partition coefficient (Wildman–Crippen LogP) is 2.72. The Kier molecular flexibility index (Phi) is 2.38. The lowest BCUT2D eigenvalue weighted by atomic mass is 10.0. The van der Waals surface area contributed by atoms with Crippen molar-refractivity contribution in [2.24, 2.45) is 0 Å². The number of benzene rings is 2. The summed E-state index contributed by atoms with van der Waals surface area (Å²) in [4.78, 5) is 7.40. The van der Waals surface area contributed by atoms with Gasteiger partial charge in [-0.3, -0.25) is 0 Å². The van der Waals surface area contributed by atoms with Crippen LogP contribution in [0.2, 0.25) is 0 Å². The van der Waals surface area contributed by atoms with Gasteiger partial charge >= 0.3 is 0 Å². The number of rotatable bonds is 2. The molecule has 0 aliphatic rings. The fourth-order valence-corrected chi connectivity index (χ4v) is 2.01. The number of hydrogen-bond acceptors (Lipinski definition) is 2. The first-order valence-electron chi connectivity index (χ1n) is 5.51. The number of aliphatic hydroxyl groups excluding tert-OH is 1. The van der Waals surface area contributed by atoms with E-state index in [0.29, 0.717) is 0 Å². The van der Waals surface area contributed by atoms with Crippen LogP contribution in [0.25, 0.3) is 22.2 Å². The molecule has 0 unspecified atom stereocenters. The SMILES string of the molecule is OCc1cnc(-c2cccc3ccccc23)[nH]1. The Bertz CT molecular complexity index is 653. The summed E-state index contributed by atoms with van der Waals surface area (Å²) in [6.45, 7) is -0.0161. The van der Waals surface area contributed by atoms with Gasteiger partial charge in [-0.05, 0) is 10.8 Å². The number of H-pyrrole nitrogens is 1. The van der Waals surface area contributed by atoms with Gasteiger partial charge in [0.2, 0.25) is 0 Å². The van der Waals surface area contributed by atoms with Crippen molar-refractivity contribution in [3.05, 3.63) is 54.4 Å². The van der Waals surface area contributed by atoms with Crippen LogP contribution in [-0.2, 0) is 6.61 Å². The van der Waals surface area contributed by atoms with Crippen molar-refractivity contribution in [1.29, 1.82) is 0 Å². The van der Waals surface area contributed by atoms with Gasteiger partial charge in [0.1, 0.15) is 5.82 Å². The first-order chi connectivity index (χ1) is 8.38. The molecule has 0 spiro atoms. The Hall–Kier alpha value is -2.13. The molecule has 0 bridgehead atoms. The van der Waals surface area contributed by atoms with E-state index in [9.17, 15) is 0 Å². The van der Waals surface area contributed by atoms with Crippen molar-refractivity contribution in [2.75, 3.05) is 0 Å². The monoisotopic (exact) mass is 224 g/mol. The van der Waals surface area contributed by atoms with E-state index in [-0.39, 0.29) is 6.61 Å². The third kappa shape index (κ3) is 1.70. The van der Waals surface area contributed by atoms with Crippen molar-refractivity contribution in [1.82, 2.24) is 9.97 Å². The highest BCUT2D eigenvalue weighted by Gasteiger charge is 2.06. The van der Waals surface area contributed by atoms with Gasteiger partial charge in [-0.2, -0.15) is 0 Å². The first-order valence-corrected chi connectivity index (χ1v) is 5.51. The number of nitrogens with one attached hydrogen (secondary N) is 1. The van der Waals surface area contributed by atoms with Crippen LogP contribution >= 0.6 is 0 Å². The minimum atomic E-state index is -0.0161. The summed E-state index contributed by atoms with van der Waals surface area (Å²) in [5, 5.41) is 11.4. The number of aliphatic hydroxyl groups is 1. The van der Waals surface area contributed by atoms with E-state index in [4.69, 9.17) is 5.11 Å². The smallest absolute Gasteiger partial charge is 0.138 e. The van der Waals surface area contributed by atoms with Gasteiger partial charge in [0.15, 0.2) is 0 Å². The molecular formula is C14H12N2O. The average molecular weight is 224 g/mol. The van der Waals surface area contributed by atoms with Gasteiger partial charge in [-0.25, -0.2) is 4.98 Å². The summed E-state index contributed by atoms with van der Waals surface area (Å²) in [5.41, 5.74) is 1.79. The standard InChI is InChI=1S/C14H12N2O/c17-9-11-8-15-14(16-11)13-7-3-5-10-4-1-2-6-12(10)13/h1-8,17H,9H2,(H,15,16). The lowest BCUT2D eigenvalue weighted by Crippen LogP contribution is -1.85. The van der Waals surface area contributed by atoms with E-state index in [1.807, 2.05) is 24.3 Å². The van der Waals surface area contributed by atoms with Crippen molar-refractivity contribution in [2.45, 2.75) is 6.61 Å². The van der Waals surface area contributed by atoms with Crippen LogP contribution in [0, 0.1) is 0 Å². The van der Waals surface area contributed by atoms with E-state index in [1.165, 1.54) is 5.39 Å². The molecule has 0 aliphatic carbocycles. The van der Waals surface area contributed by atoms with Crippen molar-refractivity contribution in [3.63, 3.8) is 0 Å². The summed E-state index contributed by atoms with van der Waals surface area (Å²) in [5.74, 6) is 0.797. The zero-order valence-electron chi connectivity index (χ0n) is 9.22. The molecule has 3 rings (SSSR count). The van der Waals surface area contributed by atoms with Gasteiger partial charge in [-0.15, -0.1) is 0 Å². The minimum absolute atomic E-state index is 0.0161. The number of aromatic nitrogens is 2. The summed E-state index contributed by atoms with van der Waals surface area (Å²) < 4.78 is 0. The van der Waals surface area contributed by atoms with Crippen LogP contribution in [0.4, 0.5) is 0 Å². The summed E-state index contributed by atoms with van der Waals surface area (Å²) in [6, 6.07) is 14.3. The van der Waals surface area contributed by atoms with Crippen molar-refractivity contribution >= 4 is 10.8 Å². The van der Waals surface area contributed by atoms with Crippen LogP contribution in [0.15, 0.2) is 48.7 Å². The Balaban J connectivity index is 2.23. The highest BCUT2D eigenvalue weighted by atomic mass is 16.3. The second-order valence-electron chi connectivity index (χ2n) is 3.94. The molecular weight excluding hydrogens is 212 g/mol. The zero-order valence-corrected chi connectivity index (χ0v) is 9.22. The maximum Gasteiger partial charge on any atom is 0.138 e. The lowest BCUT2D eigenvalue weighted by Gasteiger charge is -2.03. The summed E-state index contributed by atoms with van der Waals surface area (Å²) in [7, 11) is 0. The fraction of sp³-hybridized carbons (Fsp3) is 0.0714. The van der Waals surface area contributed by atoms with E-state index >= 15 is 0 Å². The molecule has 0 saturated carbocycles. The molecule has 84 valence electrons. The molecule has 1 aromatic heterocycles. The number of nitrogens with zero attached hydrogens (tertiary/aromatic N) is 1. The normalized spacial score (nSPS) is 10.9. The van der Waals surface area contributed by atoms with Crippen LogP contribution < -0.4 is 0 Å². The van der Waals surface area contributed by atoms with Gasteiger partial charge in [0.05, 0.1) is 18.5 Å². The van der Waals surface area contributed by atoms with Gasteiger partial charge in [-0.1, -0.05) is 42.5 Å². The fourth-order valence-electron chi connectivity index (χ4n) is 2.01. The highest BCUT2D eigenvalue weighted by molar-refractivity contribution is 5.95. The van der Waals surface area contributed by atoms with Crippen LogP contribution in [0.3, 0.4) is 0 Å². The van der Waals surface area contributed by atoms with E-state index < -0.39 is 0 Å². The van der Waals surface area contributed by atoms with Gasteiger partial charge in [0, 0.05) is 5.56 Å². The number of imidazole rings is 1. The molecule has 0 atom stereocenters. The molecule has 1 heterocycles. The Morgan fingerprint density at radius 2 is 1.88 bits per heavy atom. The molecule has 0 aliphatic heterocycles. The minimum Gasteiger partial charge on any atom is -0.390 e. The molecule has 2 aromatic carbocycles. The predicted molar refractivity (Wildman–Crippen MR) is 67.5 cm³/mol. The number of hydrogen-bond donors (Lipinski definition) is 2. The van der Waals surface area contributed by atoms with Gasteiger partial charge < -0.3 is 10.1 Å². The maximum atomic E-state index is 9.04. The average Bonchev–Trinajstić information content (AvgIpc) is 2.87. The third-order valence-corrected chi connectivity index (χ3v) is 2.84. The van der Waals surface area contributed by atoms with Crippen LogP contribution in [-0.4, -0.2) is 15.1 Å². The lowest BCUT2D eigenvalue weighted by molar-refractivity contribution is 0.277. The first kappa shape index (κ1) is 10.1. The molecule has 0 radical (unpaired) electrons. The quantitative estimate of drug-likeness (QED) is 0.703. The molecule has 0 saturated heterocycles. The maximum absolute atomic E-state index is 9.04. The molecule has 0 fully saturated rings. The Morgan fingerprint density at radius 1 is 1.06 bits per heavy atom. The number of aromatic amines is 1. The Morgan fingerprint density at radius 3 is 2.71 bits per heavy atom. The summed E-state index contributed by atoms with van der Waals surface area (Å²) in [6.07, 6.45) is 1.66. The van der Waals surface area contributed by atoms with E-state index in [1.54, 1.807) is 6.20 Å². The largest absolute Gasteiger partial charge is 0.390 e. The summed E-state index contributed by atoms with van der Waals surface area (Å²) >= 11 is 0. The van der Waals surface area contributed by atoms with Crippen LogP contribution in [0.1, 0.15) is 5.69 Å². The highest BCUT2D eigenvalue weighted by Crippen LogP contribution is 2.26.